The summed E-state index contributed by atoms with van der Waals surface area (Å²) in [5.74, 6) is -1.92. The van der Waals surface area contributed by atoms with E-state index in [-0.39, 0.29) is 25.1 Å². The molecular weight excluding hydrogens is 307 g/mol. The van der Waals surface area contributed by atoms with E-state index in [1.807, 2.05) is 0 Å². The van der Waals surface area contributed by atoms with E-state index in [4.69, 9.17) is 14.3 Å². The number of carbonyl (C=O) groups is 2. The van der Waals surface area contributed by atoms with E-state index in [0.29, 0.717) is 4.90 Å². The van der Waals surface area contributed by atoms with Gasteiger partial charge >= 0.3 is 12.1 Å². The van der Waals surface area contributed by atoms with Gasteiger partial charge < -0.3 is 19.2 Å². The molecule has 2 heterocycles. The smallest absolute Gasteiger partial charge is 0.406 e. The molecule has 1 amide bonds. The van der Waals surface area contributed by atoms with Gasteiger partial charge in [-0.05, 0) is 25.0 Å². The highest BCUT2D eigenvalue weighted by atomic mass is 19.4. The average Bonchev–Trinajstić information content (AvgIpc) is 3.06. The van der Waals surface area contributed by atoms with Crippen LogP contribution in [0.25, 0.3) is 0 Å². The van der Waals surface area contributed by atoms with Crippen molar-refractivity contribution in [3.8, 4) is 0 Å². The van der Waals surface area contributed by atoms with Crippen LogP contribution in [0.1, 0.15) is 18.6 Å². The van der Waals surface area contributed by atoms with Crippen LogP contribution >= 0.6 is 0 Å². The predicted molar refractivity (Wildman–Crippen MR) is 65.7 cm³/mol. The number of rotatable bonds is 5. The average molecular weight is 321 g/mol. The van der Waals surface area contributed by atoms with Crippen molar-refractivity contribution in [1.82, 2.24) is 4.90 Å². The molecule has 0 spiro atoms. The van der Waals surface area contributed by atoms with Gasteiger partial charge in [0.25, 0.3) is 5.91 Å². The lowest BCUT2D eigenvalue weighted by Crippen LogP contribution is -2.44. The van der Waals surface area contributed by atoms with Crippen molar-refractivity contribution >= 4 is 11.9 Å². The monoisotopic (exact) mass is 321 g/mol. The van der Waals surface area contributed by atoms with E-state index in [9.17, 15) is 22.8 Å². The third kappa shape index (κ3) is 4.23. The van der Waals surface area contributed by atoms with Gasteiger partial charge in [-0.15, -0.1) is 0 Å². The first-order valence-electron chi connectivity index (χ1n) is 6.52. The summed E-state index contributed by atoms with van der Waals surface area (Å²) in [6, 6.07) is 2.95. The lowest BCUT2D eigenvalue weighted by Gasteiger charge is -2.25. The quantitative estimate of drug-likeness (QED) is 0.894. The fraction of sp³-hybridized carbons (Fsp3) is 0.538. The SMILES string of the molecule is O=C(O)[C@H]1CC[C@@H](C(=O)N(Cc2ccco2)CC(F)(F)F)O1. The maximum absolute atomic E-state index is 12.6. The zero-order valence-electron chi connectivity index (χ0n) is 11.4. The molecule has 1 aromatic heterocycles. The molecule has 1 aliphatic rings. The van der Waals surface area contributed by atoms with E-state index < -0.39 is 36.8 Å². The van der Waals surface area contributed by atoms with E-state index in [0.717, 1.165) is 0 Å². The highest BCUT2D eigenvalue weighted by Crippen LogP contribution is 2.25. The summed E-state index contributed by atoms with van der Waals surface area (Å²) in [7, 11) is 0. The van der Waals surface area contributed by atoms with Gasteiger partial charge in [-0.25, -0.2) is 4.79 Å². The molecule has 0 bridgehead atoms. The molecule has 1 fully saturated rings. The highest BCUT2D eigenvalue weighted by Gasteiger charge is 2.40. The molecule has 0 saturated carbocycles. The van der Waals surface area contributed by atoms with Crippen molar-refractivity contribution in [1.29, 1.82) is 0 Å². The van der Waals surface area contributed by atoms with Gasteiger partial charge in [0.1, 0.15) is 18.4 Å². The van der Waals surface area contributed by atoms with Gasteiger partial charge in [0.2, 0.25) is 0 Å². The van der Waals surface area contributed by atoms with Crippen LogP contribution < -0.4 is 0 Å². The first-order chi connectivity index (χ1) is 10.3. The standard InChI is InChI=1S/C13H14F3NO5/c14-13(15,16)7-17(6-8-2-1-5-21-8)11(18)9-3-4-10(22-9)12(19)20/h1-2,5,9-10H,3-4,6-7H2,(H,19,20)/t9-,10+/m0/s1. The summed E-state index contributed by atoms with van der Waals surface area (Å²) < 4.78 is 47.8. The number of amides is 1. The number of halogens is 3. The van der Waals surface area contributed by atoms with Gasteiger partial charge in [-0.1, -0.05) is 0 Å². The molecule has 2 rings (SSSR count). The number of carboxylic acid groups (broad SMARTS) is 1. The Morgan fingerprint density at radius 2 is 2.00 bits per heavy atom. The first-order valence-corrected chi connectivity index (χ1v) is 6.52. The van der Waals surface area contributed by atoms with Crippen LogP contribution in [-0.2, 0) is 20.9 Å². The summed E-state index contributed by atoms with van der Waals surface area (Å²) in [6.07, 6.45) is -5.47. The second-order valence-electron chi connectivity index (χ2n) is 4.92. The molecule has 1 saturated heterocycles. The van der Waals surface area contributed by atoms with Gasteiger partial charge in [-0.2, -0.15) is 13.2 Å². The molecule has 122 valence electrons. The summed E-state index contributed by atoms with van der Waals surface area (Å²) in [6.45, 7) is -1.81. The van der Waals surface area contributed by atoms with Crippen molar-refractivity contribution in [2.75, 3.05) is 6.54 Å². The molecule has 6 nitrogen and oxygen atoms in total. The van der Waals surface area contributed by atoms with E-state index in [2.05, 4.69) is 0 Å². The Balaban J connectivity index is 2.07. The lowest BCUT2D eigenvalue weighted by molar-refractivity contribution is -0.171. The van der Waals surface area contributed by atoms with Crippen LogP contribution in [0.2, 0.25) is 0 Å². The van der Waals surface area contributed by atoms with E-state index in [1.165, 1.54) is 18.4 Å². The van der Waals surface area contributed by atoms with Crippen molar-refractivity contribution in [3.63, 3.8) is 0 Å². The number of nitrogens with zero attached hydrogens (tertiary/aromatic N) is 1. The predicted octanol–water partition coefficient (Wildman–Crippen LogP) is 1.80. The number of hydrogen-bond acceptors (Lipinski definition) is 4. The molecule has 0 radical (unpaired) electrons. The fourth-order valence-corrected chi connectivity index (χ4v) is 2.22. The molecule has 1 aliphatic heterocycles. The second-order valence-corrected chi connectivity index (χ2v) is 4.92. The third-order valence-corrected chi connectivity index (χ3v) is 3.18. The molecule has 1 N–H and O–H groups in total. The summed E-state index contributed by atoms with van der Waals surface area (Å²) in [5.41, 5.74) is 0. The molecule has 22 heavy (non-hydrogen) atoms. The molecular formula is C13H14F3NO5. The lowest BCUT2D eigenvalue weighted by atomic mass is 10.1. The second kappa shape index (κ2) is 6.39. The number of carbonyl (C=O) groups excluding carboxylic acids is 1. The largest absolute Gasteiger partial charge is 0.479 e. The Labute approximate surface area is 123 Å². The minimum atomic E-state index is -4.58. The molecule has 1 aromatic rings. The molecule has 2 atom stereocenters. The Bertz CT molecular complexity index is 528. The van der Waals surface area contributed by atoms with Crippen molar-refractivity contribution in [2.45, 2.75) is 37.8 Å². The van der Waals surface area contributed by atoms with E-state index >= 15 is 0 Å². The maximum Gasteiger partial charge on any atom is 0.406 e. The highest BCUT2D eigenvalue weighted by molar-refractivity contribution is 5.82. The van der Waals surface area contributed by atoms with Gasteiger partial charge in [0.15, 0.2) is 6.10 Å². The van der Waals surface area contributed by atoms with Crippen LogP contribution in [0.4, 0.5) is 13.2 Å². The van der Waals surface area contributed by atoms with Crippen molar-refractivity contribution in [3.05, 3.63) is 24.2 Å². The number of alkyl halides is 3. The molecule has 0 aliphatic carbocycles. The maximum atomic E-state index is 12.6. The number of ether oxygens (including phenoxy) is 1. The molecule has 0 unspecified atom stereocenters. The summed E-state index contributed by atoms with van der Waals surface area (Å²) in [4.78, 5) is 23.5. The minimum absolute atomic E-state index is 0.0717. The third-order valence-electron chi connectivity index (χ3n) is 3.18. The van der Waals surface area contributed by atoms with Gasteiger partial charge in [0.05, 0.1) is 12.8 Å². The van der Waals surface area contributed by atoms with Gasteiger partial charge in [0, 0.05) is 0 Å². The normalized spacial score (nSPS) is 21.8. The van der Waals surface area contributed by atoms with Crippen LogP contribution in [0.3, 0.4) is 0 Å². The van der Waals surface area contributed by atoms with Crippen molar-refractivity contribution in [2.24, 2.45) is 0 Å². The Morgan fingerprint density at radius 3 is 2.50 bits per heavy atom. The van der Waals surface area contributed by atoms with Crippen LogP contribution in [0.15, 0.2) is 22.8 Å². The Morgan fingerprint density at radius 1 is 1.32 bits per heavy atom. The topological polar surface area (TPSA) is 80.0 Å². The zero-order valence-corrected chi connectivity index (χ0v) is 11.4. The molecule has 9 heteroatoms. The summed E-state index contributed by atoms with van der Waals surface area (Å²) in [5, 5.41) is 8.80. The zero-order chi connectivity index (χ0) is 16.3. The van der Waals surface area contributed by atoms with Crippen LogP contribution in [0, 0.1) is 0 Å². The summed E-state index contributed by atoms with van der Waals surface area (Å²) >= 11 is 0. The van der Waals surface area contributed by atoms with Gasteiger partial charge in [-0.3, -0.25) is 4.79 Å². The van der Waals surface area contributed by atoms with Crippen LogP contribution in [0.5, 0.6) is 0 Å². The number of aliphatic carboxylic acids is 1. The first kappa shape index (κ1) is 16.3. The number of hydrogen-bond donors (Lipinski definition) is 1. The minimum Gasteiger partial charge on any atom is -0.479 e. The van der Waals surface area contributed by atoms with Crippen molar-refractivity contribution < 1.29 is 37.0 Å². The Kier molecular flexibility index (Phi) is 4.74. The fourth-order valence-electron chi connectivity index (χ4n) is 2.22. The Hall–Kier alpha value is -2.03. The van der Waals surface area contributed by atoms with E-state index in [1.54, 1.807) is 0 Å². The van der Waals surface area contributed by atoms with Crippen LogP contribution in [-0.4, -0.2) is 46.8 Å². The molecule has 0 aromatic carbocycles. The number of furan rings is 1. The number of carboxylic acids is 1.